The normalized spacial score (nSPS) is 32.7. The van der Waals surface area contributed by atoms with Crippen molar-refractivity contribution in [1.82, 2.24) is 0 Å². The SMILES string of the molecule is C=C1/C(=C\C=C2CCC[C@@]3(C)C2CC[C@@H]3[C@H](C)CC[C@H](O[Si](C)(C)C)C(C)(C)O)C[C@@H](O[Si](C)(C)C)C[C@H]1O[Si](C)(C)C. The molecule has 0 radical (unpaired) electrons. The van der Waals surface area contributed by atoms with Crippen LogP contribution in [0.3, 0.4) is 0 Å². The first-order chi connectivity index (χ1) is 19.5. The van der Waals surface area contributed by atoms with Crippen molar-refractivity contribution < 1.29 is 18.4 Å². The summed E-state index contributed by atoms with van der Waals surface area (Å²) < 4.78 is 19.8. The summed E-state index contributed by atoms with van der Waals surface area (Å²) in [5, 5.41) is 10.9. The molecule has 3 aliphatic rings. The smallest absolute Gasteiger partial charge is 0.184 e. The van der Waals surface area contributed by atoms with Crippen LogP contribution < -0.4 is 0 Å². The van der Waals surface area contributed by atoms with Gasteiger partial charge in [-0.25, -0.2) is 0 Å². The molecule has 0 spiro atoms. The van der Waals surface area contributed by atoms with Crippen LogP contribution in [0.5, 0.6) is 0 Å². The van der Waals surface area contributed by atoms with Crippen molar-refractivity contribution in [3.05, 3.63) is 35.5 Å². The highest BCUT2D eigenvalue weighted by molar-refractivity contribution is 6.70. The molecule has 0 saturated heterocycles. The summed E-state index contributed by atoms with van der Waals surface area (Å²) >= 11 is 0. The summed E-state index contributed by atoms with van der Waals surface area (Å²) in [5.74, 6) is 2.01. The average molecular weight is 649 g/mol. The zero-order valence-corrected chi connectivity index (χ0v) is 33.4. The summed E-state index contributed by atoms with van der Waals surface area (Å²) in [6.45, 7) is 33.9. The van der Waals surface area contributed by atoms with Gasteiger partial charge in [0.25, 0.3) is 0 Å². The van der Waals surface area contributed by atoms with Crippen molar-refractivity contribution in [3.8, 4) is 0 Å². The zero-order valence-electron chi connectivity index (χ0n) is 30.4. The highest BCUT2D eigenvalue weighted by atomic mass is 28.4. The second-order valence-corrected chi connectivity index (χ2v) is 31.4. The monoisotopic (exact) mass is 648 g/mol. The molecule has 4 nitrogen and oxygen atoms in total. The number of hydrogen-bond donors (Lipinski definition) is 1. The first-order valence-electron chi connectivity index (χ1n) is 17.3. The van der Waals surface area contributed by atoms with E-state index in [2.05, 4.69) is 91.5 Å². The van der Waals surface area contributed by atoms with Crippen LogP contribution in [0.15, 0.2) is 35.5 Å². The van der Waals surface area contributed by atoms with E-state index in [1.54, 1.807) is 5.57 Å². The Morgan fingerprint density at radius 3 is 2.14 bits per heavy atom. The van der Waals surface area contributed by atoms with E-state index in [1.165, 1.54) is 43.3 Å². The van der Waals surface area contributed by atoms with Crippen LogP contribution in [0.1, 0.15) is 85.5 Å². The molecule has 3 aliphatic carbocycles. The van der Waals surface area contributed by atoms with Crippen LogP contribution in [-0.4, -0.2) is 54.0 Å². The van der Waals surface area contributed by atoms with Crippen LogP contribution in [0, 0.1) is 23.2 Å². The summed E-state index contributed by atoms with van der Waals surface area (Å²) in [5.41, 5.74) is 3.70. The lowest BCUT2D eigenvalue weighted by Crippen LogP contribution is -2.45. The third-order valence-corrected chi connectivity index (χ3v) is 13.2. The Morgan fingerprint density at radius 1 is 0.953 bits per heavy atom. The zero-order chi connectivity index (χ0) is 32.6. The highest BCUT2D eigenvalue weighted by Gasteiger charge is 2.50. The van der Waals surface area contributed by atoms with Crippen molar-refractivity contribution in [3.63, 3.8) is 0 Å². The van der Waals surface area contributed by atoms with Gasteiger partial charge in [-0.2, -0.15) is 0 Å². The van der Waals surface area contributed by atoms with Crippen molar-refractivity contribution in [2.24, 2.45) is 23.2 Å². The summed E-state index contributed by atoms with van der Waals surface area (Å²) in [4.78, 5) is 0. The third kappa shape index (κ3) is 10.6. The lowest BCUT2D eigenvalue weighted by molar-refractivity contribution is -0.0457. The Hall–Kier alpha value is -0.289. The number of rotatable bonds is 12. The lowest BCUT2D eigenvalue weighted by atomic mass is 9.60. The van der Waals surface area contributed by atoms with E-state index in [-0.39, 0.29) is 18.3 Å². The molecule has 0 aliphatic heterocycles. The van der Waals surface area contributed by atoms with Crippen molar-refractivity contribution in [2.75, 3.05) is 0 Å². The molecule has 7 heteroatoms. The van der Waals surface area contributed by atoms with E-state index >= 15 is 0 Å². The van der Waals surface area contributed by atoms with Gasteiger partial charge in [0.15, 0.2) is 25.0 Å². The maximum atomic E-state index is 10.9. The fourth-order valence-corrected chi connectivity index (χ4v) is 11.9. The van der Waals surface area contributed by atoms with E-state index in [9.17, 15) is 5.11 Å². The second-order valence-electron chi connectivity index (χ2n) is 18.0. The van der Waals surface area contributed by atoms with E-state index in [4.69, 9.17) is 13.3 Å². The first-order valence-corrected chi connectivity index (χ1v) is 27.6. The fraction of sp³-hybridized carbons (Fsp3) is 0.833. The van der Waals surface area contributed by atoms with Gasteiger partial charge >= 0.3 is 0 Å². The van der Waals surface area contributed by atoms with Gasteiger partial charge in [-0.3, -0.25) is 0 Å². The Labute approximate surface area is 269 Å². The number of hydrogen-bond acceptors (Lipinski definition) is 4. The largest absolute Gasteiger partial charge is 0.414 e. The van der Waals surface area contributed by atoms with Crippen molar-refractivity contribution in [2.45, 2.75) is 168 Å². The van der Waals surface area contributed by atoms with Crippen LogP contribution in [0.4, 0.5) is 0 Å². The van der Waals surface area contributed by atoms with Gasteiger partial charge < -0.3 is 18.4 Å². The average Bonchev–Trinajstić information content (AvgIpc) is 3.17. The standard InChI is InChI=1S/C36H68O4Si3/c1-26(17-22-34(35(3,4)37)40-43(12,13)14)31-20-21-32-28(16-15-23-36(31,32)5)18-19-29-24-30(38-41(6,7)8)25-33(27(29)2)39-42(9,10)11/h18-19,26,30-34,37H,2,15-17,20-25H2,1,3-14H3/b28-18?,29-19-/t26-,30-,31-,32?,33-,34+,36-/m1/s1. The maximum absolute atomic E-state index is 10.9. The predicted molar refractivity (Wildman–Crippen MR) is 192 cm³/mol. The minimum absolute atomic E-state index is 0.0670. The molecule has 1 unspecified atom stereocenters. The Bertz CT molecular complexity index is 1020. The molecule has 3 fully saturated rings. The molecule has 0 bridgehead atoms. The van der Waals surface area contributed by atoms with Gasteiger partial charge in [0, 0.05) is 6.42 Å². The molecule has 0 aromatic heterocycles. The number of allylic oxidation sites excluding steroid dienone is 3. The Balaban J connectivity index is 1.78. The quantitative estimate of drug-likeness (QED) is 0.214. The van der Waals surface area contributed by atoms with Gasteiger partial charge in [-0.15, -0.1) is 0 Å². The van der Waals surface area contributed by atoms with Crippen LogP contribution >= 0.6 is 0 Å². The van der Waals surface area contributed by atoms with E-state index < -0.39 is 30.6 Å². The predicted octanol–water partition coefficient (Wildman–Crippen LogP) is 10.3. The van der Waals surface area contributed by atoms with Crippen LogP contribution in [0.2, 0.25) is 58.9 Å². The van der Waals surface area contributed by atoms with E-state index in [1.807, 2.05) is 13.8 Å². The van der Waals surface area contributed by atoms with Crippen molar-refractivity contribution in [1.29, 1.82) is 0 Å². The Kier molecular flexibility index (Phi) is 12.0. The van der Waals surface area contributed by atoms with Crippen LogP contribution in [0.25, 0.3) is 0 Å². The minimum atomic E-state index is -1.74. The molecule has 1 N–H and O–H groups in total. The molecule has 7 atom stereocenters. The molecule has 248 valence electrons. The summed E-state index contributed by atoms with van der Waals surface area (Å²) in [6, 6.07) is 0. The van der Waals surface area contributed by atoms with Gasteiger partial charge in [-0.1, -0.05) is 38.2 Å². The topological polar surface area (TPSA) is 47.9 Å². The maximum Gasteiger partial charge on any atom is 0.184 e. The van der Waals surface area contributed by atoms with Gasteiger partial charge in [0.05, 0.1) is 23.9 Å². The molecule has 0 heterocycles. The Morgan fingerprint density at radius 2 is 1.58 bits per heavy atom. The minimum Gasteiger partial charge on any atom is -0.414 e. The second kappa shape index (κ2) is 13.8. The van der Waals surface area contributed by atoms with Gasteiger partial charge in [-0.05, 0) is 158 Å². The molecule has 3 rings (SSSR count). The molecule has 0 aromatic rings. The molecular formula is C36H68O4Si3. The van der Waals surface area contributed by atoms with Crippen molar-refractivity contribution >= 4 is 25.0 Å². The molecule has 0 amide bonds. The van der Waals surface area contributed by atoms with E-state index in [0.29, 0.717) is 17.3 Å². The molecular weight excluding hydrogens is 581 g/mol. The molecule has 43 heavy (non-hydrogen) atoms. The third-order valence-electron chi connectivity index (χ3n) is 10.1. The fourth-order valence-electron chi connectivity index (χ4n) is 8.38. The van der Waals surface area contributed by atoms with Crippen LogP contribution in [-0.2, 0) is 13.3 Å². The summed E-state index contributed by atoms with van der Waals surface area (Å²) in [6.07, 6.45) is 15.4. The first kappa shape index (κ1) is 37.2. The van der Waals surface area contributed by atoms with Gasteiger partial charge in [0.2, 0.25) is 0 Å². The van der Waals surface area contributed by atoms with Gasteiger partial charge in [0.1, 0.15) is 0 Å². The lowest BCUT2D eigenvalue weighted by Gasteiger charge is -2.45. The summed E-state index contributed by atoms with van der Waals surface area (Å²) in [7, 11) is -5.11. The number of fused-ring (bicyclic) bond motifs is 1. The number of aliphatic hydroxyl groups is 1. The molecule has 3 saturated carbocycles. The van der Waals surface area contributed by atoms with E-state index in [0.717, 1.165) is 31.6 Å². The highest BCUT2D eigenvalue weighted by Crippen LogP contribution is 2.60. The molecule has 0 aromatic carbocycles.